The second-order valence-corrected chi connectivity index (χ2v) is 6.76. The molecule has 0 bridgehead atoms. The number of nitrogens with one attached hydrogen (secondary N) is 1. The number of nitrogens with zero attached hydrogens (tertiary/aromatic N) is 1. The van der Waals surface area contributed by atoms with Crippen LogP contribution in [0.3, 0.4) is 0 Å². The maximum absolute atomic E-state index is 13.3. The molecular weight excluding hydrogens is 317 g/mol. The molecule has 0 aliphatic carbocycles. The van der Waals surface area contributed by atoms with Crippen LogP contribution in [0.25, 0.3) is 0 Å². The Morgan fingerprint density at radius 3 is 2.50 bits per heavy atom. The molecule has 1 amide bonds. The number of rotatable bonds is 6. The third-order valence-corrected chi connectivity index (χ3v) is 4.62. The van der Waals surface area contributed by atoms with Gasteiger partial charge < -0.3 is 10.2 Å². The van der Waals surface area contributed by atoms with Crippen LogP contribution in [0.15, 0.2) is 30.3 Å². The standard InChI is InChI=1S/C18H25F3N2O/c1-13(2)23-9-8-14(12-23)11-22-17(24)10-16(18(19,20)21)15-6-4-3-5-7-15/h3-7,13-14,16H,8-12H2,1-2H3,(H,22,24). The Hall–Kier alpha value is -1.56. The van der Waals surface area contributed by atoms with Gasteiger partial charge in [0.2, 0.25) is 5.91 Å². The van der Waals surface area contributed by atoms with E-state index in [1.165, 1.54) is 12.1 Å². The van der Waals surface area contributed by atoms with E-state index in [-0.39, 0.29) is 5.56 Å². The van der Waals surface area contributed by atoms with E-state index in [4.69, 9.17) is 0 Å². The molecular formula is C18H25F3N2O. The number of likely N-dealkylation sites (tertiary alicyclic amines) is 1. The largest absolute Gasteiger partial charge is 0.396 e. The number of benzene rings is 1. The van der Waals surface area contributed by atoms with Crippen LogP contribution in [0.2, 0.25) is 0 Å². The van der Waals surface area contributed by atoms with E-state index in [0.717, 1.165) is 19.5 Å². The molecule has 1 N–H and O–H groups in total. The van der Waals surface area contributed by atoms with E-state index in [9.17, 15) is 18.0 Å². The van der Waals surface area contributed by atoms with Crippen molar-refractivity contribution in [2.24, 2.45) is 5.92 Å². The fraction of sp³-hybridized carbons (Fsp3) is 0.611. The van der Waals surface area contributed by atoms with Crippen LogP contribution in [-0.4, -0.2) is 42.7 Å². The minimum Gasteiger partial charge on any atom is -0.356 e. The van der Waals surface area contributed by atoms with E-state index >= 15 is 0 Å². The third kappa shape index (κ3) is 5.23. The maximum Gasteiger partial charge on any atom is 0.396 e. The average molecular weight is 342 g/mol. The highest BCUT2D eigenvalue weighted by Crippen LogP contribution is 2.37. The van der Waals surface area contributed by atoms with Gasteiger partial charge in [-0.2, -0.15) is 13.2 Å². The van der Waals surface area contributed by atoms with E-state index in [2.05, 4.69) is 24.1 Å². The van der Waals surface area contributed by atoms with Crippen molar-refractivity contribution < 1.29 is 18.0 Å². The molecule has 0 radical (unpaired) electrons. The molecule has 1 aliphatic rings. The highest BCUT2D eigenvalue weighted by molar-refractivity contribution is 5.77. The number of hydrogen-bond acceptors (Lipinski definition) is 2. The normalized spacial score (nSPS) is 20.3. The lowest BCUT2D eigenvalue weighted by Gasteiger charge is -2.22. The molecule has 3 nitrogen and oxygen atoms in total. The maximum atomic E-state index is 13.3. The van der Waals surface area contributed by atoms with E-state index in [1.807, 2.05) is 0 Å². The molecule has 1 saturated heterocycles. The van der Waals surface area contributed by atoms with Crippen LogP contribution in [0.4, 0.5) is 13.2 Å². The molecule has 24 heavy (non-hydrogen) atoms. The Kier molecular flexibility index (Phi) is 6.27. The highest BCUT2D eigenvalue weighted by Gasteiger charge is 2.41. The molecule has 1 fully saturated rings. The van der Waals surface area contributed by atoms with Crippen molar-refractivity contribution in [2.45, 2.75) is 44.8 Å². The lowest BCUT2D eigenvalue weighted by atomic mass is 9.94. The fourth-order valence-electron chi connectivity index (χ4n) is 3.12. The summed E-state index contributed by atoms with van der Waals surface area (Å²) in [5.41, 5.74) is 0.131. The SMILES string of the molecule is CC(C)N1CCC(CNC(=O)CC(c2ccccc2)C(F)(F)F)C1. The van der Waals surface area contributed by atoms with Gasteiger partial charge in [-0.15, -0.1) is 0 Å². The second-order valence-electron chi connectivity index (χ2n) is 6.76. The van der Waals surface area contributed by atoms with E-state index < -0.39 is 24.4 Å². The van der Waals surface area contributed by atoms with Gasteiger partial charge >= 0.3 is 6.18 Å². The van der Waals surface area contributed by atoms with Gasteiger partial charge in [0.05, 0.1) is 5.92 Å². The lowest BCUT2D eigenvalue weighted by Crippen LogP contribution is -2.35. The van der Waals surface area contributed by atoms with Crippen LogP contribution < -0.4 is 5.32 Å². The molecule has 134 valence electrons. The topological polar surface area (TPSA) is 32.3 Å². The number of alkyl halides is 3. The Morgan fingerprint density at radius 2 is 1.96 bits per heavy atom. The monoisotopic (exact) mass is 342 g/mol. The zero-order chi connectivity index (χ0) is 17.7. The zero-order valence-corrected chi connectivity index (χ0v) is 14.1. The molecule has 1 aromatic rings. The average Bonchev–Trinajstić information content (AvgIpc) is 2.99. The summed E-state index contributed by atoms with van der Waals surface area (Å²) in [4.78, 5) is 14.3. The molecule has 2 unspecified atom stereocenters. The van der Waals surface area contributed by atoms with Crippen molar-refractivity contribution in [3.05, 3.63) is 35.9 Å². The highest BCUT2D eigenvalue weighted by atomic mass is 19.4. The molecule has 2 rings (SSSR count). The lowest BCUT2D eigenvalue weighted by molar-refractivity contribution is -0.157. The number of carbonyl (C=O) groups is 1. The van der Waals surface area contributed by atoms with Crippen molar-refractivity contribution in [3.8, 4) is 0 Å². The summed E-state index contributed by atoms with van der Waals surface area (Å²) < 4.78 is 39.8. The second kappa shape index (κ2) is 8.01. The quantitative estimate of drug-likeness (QED) is 0.857. The number of carbonyl (C=O) groups excluding carboxylic acids is 1. The number of hydrogen-bond donors (Lipinski definition) is 1. The summed E-state index contributed by atoms with van der Waals surface area (Å²) in [6, 6.07) is 8.08. The number of amides is 1. The first-order valence-corrected chi connectivity index (χ1v) is 8.39. The summed E-state index contributed by atoms with van der Waals surface area (Å²) in [6.07, 6.45) is -4.02. The van der Waals surface area contributed by atoms with Gasteiger partial charge in [-0.3, -0.25) is 4.79 Å². The fourth-order valence-corrected chi connectivity index (χ4v) is 3.12. The van der Waals surface area contributed by atoms with Crippen molar-refractivity contribution in [3.63, 3.8) is 0 Å². The van der Waals surface area contributed by atoms with Crippen molar-refractivity contribution in [1.29, 1.82) is 0 Å². The van der Waals surface area contributed by atoms with Gasteiger partial charge in [0.25, 0.3) is 0 Å². The molecule has 0 spiro atoms. The Balaban J connectivity index is 1.88. The summed E-state index contributed by atoms with van der Waals surface area (Å²) in [6.45, 7) is 6.55. The molecule has 1 aliphatic heterocycles. The summed E-state index contributed by atoms with van der Waals surface area (Å²) in [7, 11) is 0. The summed E-state index contributed by atoms with van der Waals surface area (Å²) in [5.74, 6) is -1.98. The first-order valence-electron chi connectivity index (χ1n) is 8.39. The predicted molar refractivity (Wildman–Crippen MR) is 87.7 cm³/mol. The van der Waals surface area contributed by atoms with Gasteiger partial charge in [0.1, 0.15) is 0 Å². The summed E-state index contributed by atoms with van der Waals surface area (Å²) in [5, 5.41) is 2.69. The van der Waals surface area contributed by atoms with Gasteiger partial charge in [-0.25, -0.2) is 0 Å². The number of halogens is 3. The predicted octanol–water partition coefficient (Wildman–Crippen LogP) is 3.57. The molecule has 2 atom stereocenters. The Morgan fingerprint density at radius 1 is 1.29 bits per heavy atom. The van der Waals surface area contributed by atoms with Gasteiger partial charge in [0.15, 0.2) is 0 Å². The Bertz CT molecular complexity index is 531. The van der Waals surface area contributed by atoms with Crippen molar-refractivity contribution in [1.82, 2.24) is 10.2 Å². The first kappa shape index (κ1) is 18.8. The molecule has 0 aromatic heterocycles. The zero-order valence-electron chi connectivity index (χ0n) is 14.1. The van der Waals surface area contributed by atoms with Gasteiger partial charge in [-0.1, -0.05) is 30.3 Å². The molecule has 6 heteroatoms. The molecule has 0 saturated carbocycles. The first-order chi connectivity index (χ1) is 11.3. The molecule has 1 heterocycles. The Labute approximate surface area is 141 Å². The van der Waals surface area contributed by atoms with Crippen LogP contribution in [-0.2, 0) is 4.79 Å². The summed E-state index contributed by atoms with van der Waals surface area (Å²) >= 11 is 0. The van der Waals surface area contributed by atoms with Crippen LogP contribution in [0.5, 0.6) is 0 Å². The van der Waals surface area contributed by atoms with E-state index in [0.29, 0.717) is 18.5 Å². The van der Waals surface area contributed by atoms with Gasteiger partial charge in [-0.05, 0) is 38.3 Å². The third-order valence-electron chi connectivity index (χ3n) is 4.62. The van der Waals surface area contributed by atoms with Crippen LogP contribution in [0.1, 0.15) is 38.2 Å². The van der Waals surface area contributed by atoms with Gasteiger partial charge in [0, 0.05) is 25.6 Å². The van der Waals surface area contributed by atoms with Crippen LogP contribution >= 0.6 is 0 Å². The van der Waals surface area contributed by atoms with Crippen LogP contribution in [0, 0.1) is 5.92 Å². The minimum atomic E-state index is -4.43. The minimum absolute atomic E-state index is 0.131. The van der Waals surface area contributed by atoms with Crippen molar-refractivity contribution in [2.75, 3.05) is 19.6 Å². The van der Waals surface area contributed by atoms with Crippen molar-refractivity contribution >= 4 is 5.91 Å². The van der Waals surface area contributed by atoms with E-state index in [1.54, 1.807) is 18.2 Å². The molecule has 1 aromatic carbocycles. The smallest absolute Gasteiger partial charge is 0.356 e.